The van der Waals surface area contributed by atoms with E-state index in [9.17, 15) is 9.90 Å². The molecule has 0 saturated carbocycles. The van der Waals surface area contributed by atoms with Gasteiger partial charge < -0.3 is 9.84 Å². The second kappa shape index (κ2) is 6.01. The van der Waals surface area contributed by atoms with E-state index >= 15 is 0 Å². The minimum atomic E-state index is -1.09. The molecule has 3 heterocycles. The van der Waals surface area contributed by atoms with Gasteiger partial charge in [0.05, 0.1) is 5.69 Å². The van der Waals surface area contributed by atoms with Gasteiger partial charge in [0.15, 0.2) is 5.69 Å². The third-order valence-electron chi connectivity index (χ3n) is 3.62. The van der Waals surface area contributed by atoms with Crippen molar-refractivity contribution in [2.24, 2.45) is 5.92 Å². The zero-order valence-electron chi connectivity index (χ0n) is 11.5. The number of rotatable bonds is 4. The number of hydrogen-bond acceptors (Lipinski definition) is 5. The number of pyridine rings is 1. The Bertz CT molecular complexity index is 620. The lowest BCUT2D eigenvalue weighted by atomic mass is 10.0. The van der Waals surface area contributed by atoms with Crippen LogP contribution in [0.4, 0.5) is 0 Å². The first-order valence-electron chi connectivity index (χ1n) is 6.91. The molecule has 1 fully saturated rings. The van der Waals surface area contributed by atoms with Crippen molar-refractivity contribution >= 4 is 5.97 Å². The highest BCUT2D eigenvalue weighted by Crippen LogP contribution is 2.23. The summed E-state index contributed by atoms with van der Waals surface area (Å²) in [6, 6.07) is 5.38. The summed E-state index contributed by atoms with van der Waals surface area (Å²) in [6.07, 6.45) is 3.53. The standard InChI is InChI=1S/C14H16N4O3/c19-14(20)12-13(11-3-1-2-6-15-11)18(17-16-12)9-10-4-7-21-8-5-10/h1-3,6,10H,4-5,7-9H2,(H,19,20). The molecule has 21 heavy (non-hydrogen) atoms. The van der Waals surface area contributed by atoms with E-state index in [1.165, 1.54) is 0 Å². The van der Waals surface area contributed by atoms with Crippen LogP contribution in [0, 0.1) is 5.92 Å². The highest BCUT2D eigenvalue weighted by atomic mass is 16.5. The fourth-order valence-electron chi connectivity index (χ4n) is 2.51. The predicted octanol–water partition coefficient (Wildman–Crippen LogP) is 1.46. The van der Waals surface area contributed by atoms with Gasteiger partial charge >= 0.3 is 5.97 Å². The van der Waals surface area contributed by atoms with E-state index in [4.69, 9.17) is 4.74 Å². The average molecular weight is 288 g/mol. The molecule has 0 aliphatic carbocycles. The Hall–Kier alpha value is -2.28. The molecule has 0 bridgehead atoms. The van der Waals surface area contributed by atoms with Gasteiger partial charge in [-0.05, 0) is 30.9 Å². The Labute approximate surface area is 121 Å². The molecular formula is C14H16N4O3. The first-order chi connectivity index (χ1) is 10.3. The molecule has 7 heteroatoms. The van der Waals surface area contributed by atoms with Crippen LogP contribution in [-0.2, 0) is 11.3 Å². The lowest BCUT2D eigenvalue weighted by molar-refractivity contribution is 0.0601. The van der Waals surface area contributed by atoms with E-state index in [2.05, 4.69) is 15.3 Å². The molecule has 3 rings (SSSR count). The number of carboxylic acid groups (broad SMARTS) is 1. The molecule has 1 N–H and O–H groups in total. The molecule has 2 aromatic rings. The number of aromatic nitrogens is 4. The van der Waals surface area contributed by atoms with Gasteiger partial charge in [0, 0.05) is 26.0 Å². The maximum absolute atomic E-state index is 11.3. The first kappa shape index (κ1) is 13.7. The molecule has 0 atom stereocenters. The quantitative estimate of drug-likeness (QED) is 0.916. The number of hydrogen-bond donors (Lipinski definition) is 1. The summed E-state index contributed by atoms with van der Waals surface area (Å²) >= 11 is 0. The summed E-state index contributed by atoms with van der Waals surface area (Å²) in [5.41, 5.74) is 0.988. The van der Waals surface area contributed by atoms with Gasteiger partial charge in [-0.1, -0.05) is 11.3 Å². The monoisotopic (exact) mass is 288 g/mol. The third kappa shape index (κ3) is 2.92. The van der Waals surface area contributed by atoms with E-state index in [1.54, 1.807) is 23.0 Å². The lowest BCUT2D eigenvalue weighted by Gasteiger charge is -2.22. The summed E-state index contributed by atoms with van der Waals surface area (Å²) in [4.78, 5) is 15.6. The van der Waals surface area contributed by atoms with Crippen LogP contribution in [0.1, 0.15) is 23.3 Å². The molecule has 0 aromatic carbocycles. The molecule has 0 spiro atoms. The zero-order valence-corrected chi connectivity index (χ0v) is 11.5. The molecule has 110 valence electrons. The summed E-state index contributed by atoms with van der Waals surface area (Å²) in [5, 5.41) is 17.1. The van der Waals surface area contributed by atoms with Crippen LogP contribution < -0.4 is 0 Å². The van der Waals surface area contributed by atoms with Crippen LogP contribution in [-0.4, -0.2) is 44.3 Å². The van der Waals surface area contributed by atoms with Crippen LogP contribution in [0.15, 0.2) is 24.4 Å². The lowest BCUT2D eigenvalue weighted by Crippen LogP contribution is -2.21. The second-order valence-electron chi connectivity index (χ2n) is 5.04. The largest absolute Gasteiger partial charge is 0.476 e. The van der Waals surface area contributed by atoms with E-state index in [0.717, 1.165) is 26.1 Å². The number of aromatic carboxylic acids is 1. The van der Waals surface area contributed by atoms with Crippen LogP contribution in [0.5, 0.6) is 0 Å². The summed E-state index contributed by atoms with van der Waals surface area (Å²) in [6.45, 7) is 2.11. The molecule has 0 amide bonds. The number of carbonyl (C=O) groups is 1. The Morgan fingerprint density at radius 2 is 2.19 bits per heavy atom. The van der Waals surface area contributed by atoms with E-state index in [1.807, 2.05) is 6.07 Å². The van der Waals surface area contributed by atoms with Gasteiger partial charge in [0.25, 0.3) is 0 Å². The summed E-state index contributed by atoms with van der Waals surface area (Å²) in [7, 11) is 0. The predicted molar refractivity (Wildman–Crippen MR) is 73.8 cm³/mol. The van der Waals surface area contributed by atoms with Crippen LogP contribution in [0.25, 0.3) is 11.4 Å². The topological polar surface area (TPSA) is 90.1 Å². The Morgan fingerprint density at radius 3 is 2.86 bits per heavy atom. The molecular weight excluding hydrogens is 272 g/mol. The van der Waals surface area contributed by atoms with E-state index < -0.39 is 5.97 Å². The van der Waals surface area contributed by atoms with Crippen LogP contribution >= 0.6 is 0 Å². The van der Waals surface area contributed by atoms with Crippen molar-refractivity contribution in [3.05, 3.63) is 30.1 Å². The Kier molecular flexibility index (Phi) is 3.92. The number of ether oxygens (including phenoxy) is 1. The minimum Gasteiger partial charge on any atom is -0.476 e. The molecule has 0 radical (unpaired) electrons. The Morgan fingerprint density at radius 1 is 1.38 bits per heavy atom. The van der Waals surface area contributed by atoms with Gasteiger partial charge in [-0.3, -0.25) is 4.98 Å². The van der Waals surface area contributed by atoms with E-state index in [0.29, 0.717) is 23.9 Å². The maximum atomic E-state index is 11.3. The molecule has 1 aliphatic heterocycles. The van der Waals surface area contributed by atoms with Crippen molar-refractivity contribution in [3.8, 4) is 11.4 Å². The third-order valence-corrected chi connectivity index (χ3v) is 3.62. The van der Waals surface area contributed by atoms with Gasteiger partial charge in [-0.2, -0.15) is 0 Å². The van der Waals surface area contributed by atoms with Gasteiger partial charge in [0.1, 0.15) is 5.69 Å². The minimum absolute atomic E-state index is 0.0549. The van der Waals surface area contributed by atoms with Gasteiger partial charge in [-0.25, -0.2) is 9.48 Å². The summed E-state index contributed by atoms with van der Waals surface area (Å²) in [5.74, 6) is -0.668. The highest BCUT2D eigenvalue weighted by molar-refractivity contribution is 5.92. The molecule has 2 aromatic heterocycles. The highest BCUT2D eigenvalue weighted by Gasteiger charge is 2.24. The molecule has 7 nitrogen and oxygen atoms in total. The maximum Gasteiger partial charge on any atom is 0.358 e. The van der Waals surface area contributed by atoms with Crippen molar-refractivity contribution in [2.75, 3.05) is 13.2 Å². The van der Waals surface area contributed by atoms with Crippen LogP contribution in [0.3, 0.4) is 0 Å². The zero-order chi connectivity index (χ0) is 14.7. The average Bonchev–Trinajstić information content (AvgIpc) is 2.93. The van der Waals surface area contributed by atoms with E-state index in [-0.39, 0.29) is 5.69 Å². The van der Waals surface area contributed by atoms with Gasteiger partial charge in [-0.15, -0.1) is 5.10 Å². The molecule has 1 aliphatic rings. The molecule has 0 unspecified atom stereocenters. The van der Waals surface area contributed by atoms with Crippen molar-refractivity contribution in [3.63, 3.8) is 0 Å². The number of carboxylic acids is 1. The van der Waals surface area contributed by atoms with Gasteiger partial charge in [0.2, 0.25) is 0 Å². The van der Waals surface area contributed by atoms with Crippen molar-refractivity contribution < 1.29 is 14.6 Å². The first-order valence-corrected chi connectivity index (χ1v) is 6.91. The summed E-state index contributed by atoms with van der Waals surface area (Å²) < 4.78 is 7.00. The SMILES string of the molecule is O=C(O)c1nnn(CC2CCOCC2)c1-c1ccccn1. The second-order valence-corrected chi connectivity index (χ2v) is 5.04. The smallest absolute Gasteiger partial charge is 0.358 e. The van der Waals surface area contributed by atoms with Crippen molar-refractivity contribution in [2.45, 2.75) is 19.4 Å². The fraction of sp³-hybridized carbons (Fsp3) is 0.429. The fourth-order valence-corrected chi connectivity index (χ4v) is 2.51. The van der Waals surface area contributed by atoms with Crippen molar-refractivity contribution in [1.29, 1.82) is 0 Å². The Balaban J connectivity index is 1.95. The molecule has 1 saturated heterocycles. The van der Waals surface area contributed by atoms with Crippen molar-refractivity contribution in [1.82, 2.24) is 20.0 Å². The van der Waals surface area contributed by atoms with Crippen LogP contribution in [0.2, 0.25) is 0 Å². The number of nitrogens with zero attached hydrogens (tertiary/aromatic N) is 4. The normalized spacial score (nSPS) is 16.0.